The molecular weight excluding hydrogens is 240 g/mol. The van der Waals surface area contributed by atoms with Gasteiger partial charge in [-0.25, -0.2) is 0 Å². The van der Waals surface area contributed by atoms with E-state index in [9.17, 15) is 4.79 Å². The molecule has 4 nitrogen and oxygen atoms in total. The largest absolute Gasteiger partial charge is 0.379 e. The molecule has 3 rings (SSSR count). The third kappa shape index (κ3) is 2.96. The van der Waals surface area contributed by atoms with Crippen LogP contribution in [-0.4, -0.2) is 55.1 Å². The zero-order chi connectivity index (χ0) is 13.1. The summed E-state index contributed by atoms with van der Waals surface area (Å²) in [6.07, 6.45) is 0.977. The van der Waals surface area contributed by atoms with E-state index in [-0.39, 0.29) is 5.91 Å². The zero-order valence-electron chi connectivity index (χ0n) is 11.2. The molecule has 19 heavy (non-hydrogen) atoms. The molecule has 1 fully saturated rings. The van der Waals surface area contributed by atoms with Crippen LogP contribution in [0.2, 0.25) is 0 Å². The van der Waals surface area contributed by atoms with E-state index in [0.717, 1.165) is 45.8 Å². The summed E-state index contributed by atoms with van der Waals surface area (Å²) in [5, 5.41) is 0. The van der Waals surface area contributed by atoms with Crippen LogP contribution in [0.1, 0.15) is 11.1 Å². The number of hydrogen-bond donors (Lipinski definition) is 0. The minimum Gasteiger partial charge on any atom is -0.379 e. The van der Waals surface area contributed by atoms with Crippen molar-refractivity contribution in [2.75, 3.05) is 39.4 Å². The van der Waals surface area contributed by atoms with E-state index >= 15 is 0 Å². The average Bonchev–Trinajstić information content (AvgIpc) is 2.48. The van der Waals surface area contributed by atoms with Crippen molar-refractivity contribution in [2.45, 2.75) is 13.0 Å². The maximum Gasteiger partial charge on any atom is 0.237 e. The fraction of sp³-hybridized carbons (Fsp3) is 0.533. The van der Waals surface area contributed by atoms with E-state index in [2.05, 4.69) is 29.2 Å². The van der Waals surface area contributed by atoms with Crippen molar-refractivity contribution in [1.29, 1.82) is 0 Å². The first-order valence-electron chi connectivity index (χ1n) is 6.97. The van der Waals surface area contributed by atoms with Crippen molar-refractivity contribution < 1.29 is 9.53 Å². The van der Waals surface area contributed by atoms with Crippen molar-refractivity contribution in [1.82, 2.24) is 9.80 Å². The molecule has 2 heterocycles. The SMILES string of the molecule is O=C(CN1CCOCC1)N1CCc2ccccc2C1. The lowest BCUT2D eigenvalue weighted by Gasteiger charge is -2.32. The molecule has 1 saturated heterocycles. The molecule has 0 N–H and O–H groups in total. The summed E-state index contributed by atoms with van der Waals surface area (Å²) in [6, 6.07) is 8.42. The van der Waals surface area contributed by atoms with Crippen LogP contribution >= 0.6 is 0 Å². The summed E-state index contributed by atoms with van der Waals surface area (Å²) in [7, 11) is 0. The van der Waals surface area contributed by atoms with Crippen molar-refractivity contribution >= 4 is 5.91 Å². The summed E-state index contributed by atoms with van der Waals surface area (Å²) < 4.78 is 5.31. The first-order chi connectivity index (χ1) is 9.33. The van der Waals surface area contributed by atoms with Gasteiger partial charge in [-0.2, -0.15) is 0 Å². The van der Waals surface area contributed by atoms with Crippen LogP contribution in [0.5, 0.6) is 0 Å². The predicted octanol–water partition coefficient (Wildman–Crippen LogP) is 0.903. The Morgan fingerprint density at radius 3 is 2.63 bits per heavy atom. The molecule has 0 radical (unpaired) electrons. The molecule has 0 aliphatic carbocycles. The first-order valence-corrected chi connectivity index (χ1v) is 6.97. The van der Waals surface area contributed by atoms with Gasteiger partial charge in [-0.15, -0.1) is 0 Å². The highest BCUT2D eigenvalue weighted by Crippen LogP contribution is 2.18. The van der Waals surface area contributed by atoms with Gasteiger partial charge >= 0.3 is 0 Å². The quantitative estimate of drug-likeness (QED) is 0.792. The number of fused-ring (bicyclic) bond motifs is 1. The van der Waals surface area contributed by atoms with Crippen molar-refractivity contribution in [3.63, 3.8) is 0 Å². The topological polar surface area (TPSA) is 32.8 Å². The van der Waals surface area contributed by atoms with E-state index in [1.165, 1.54) is 11.1 Å². The van der Waals surface area contributed by atoms with Crippen LogP contribution in [-0.2, 0) is 22.5 Å². The van der Waals surface area contributed by atoms with Crippen LogP contribution in [0.4, 0.5) is 0 Å². The average molecular weight is 260 g/mol. The van der Waals surface area contributed by atoms with Gasteiger partial charge in [0.15, 0.2) is 0 Å². The van der Waals surface area contributed by atoms with Crippen LogP contribution in [0.3, 0.4) is 0 Å². The number of carbonyl (C=O) groups is 1. The zero-order valence-corrected chi connectivity index (χ0v) is 11.2. The molecule has 2 aliphatic rings. The Morgan fingerprint density at radius 2 is 1.84 bits per heavy atom. The molecular formula is C15H20N2O2. The molecule has 0 spiro atoms. The highest BCUT2D eigenvalue weighted by molar-refractivity contribution is 5.78. The molecule has 0 aromatic heterocycles. The third-order valence-corrected chi connectivity index (χ3v) is 3.95. The fourth-order valence-electron chi connectivity index (χ4n) is 2.76. The van der Waals surface area contributed by atoms with Gasteiger partial charge in [0.25, 0.3) is 0 Å². The maximum atomic E-state index is 12.3. The number of benzene rings is 1. The Hall–Kier alpha value is -1.39. The highest BCUT2D eigenvalue weighted by Gasteiger charge is 2.22. The first kappa shape index (κ1) is 12.6. The highest BCUT2D eigenvalue weighted by atomic mass is 16.5. The van der Waals surface area contributed by atoms with E-state index < -0.39 is 0 Å². The van der Waals surface area contributed by atoms with Crippen LogP contribution in [0, 0.1) is 0 Å². The predicted molar refractivity (Wildman–Crippen MR) is 72.8 cm³/mol. The number of rotatable bonds is 2. The maximum absolute atomic E-state index is 12.3. The van der Waals surface area contributed by atoms with Gasteiger partial charge < -0.3 is 9.64 Å². The number of ether oxygens (including phenoxy) is 1. The van der Waals surface area contributed by atoms with Gasteiger partial charge in [0.05, 0.1) is 19.8 Å². The Labute approximate surface area is 113 Å². The smallest absolute Gasteiger partial charge is 0.237 e. The van der Waals surface area contributed by atoms with E-state index in [1.807, 2.05) is 4.90 Å². The van der Waals surface area contributed by atoms with E-state index in [1.54, 1.807) is 0 Å². The fourth-order valence-corrected chi connectivity index (χ4v) is 2.76. The number of amides is 1. The molecule has 2 aliphatic heterocycles. The summed E-state index contributed by atoms with van der Waals surface area (Å²) in [5.74, 6) is 0.247. The standard InChI is InChI=1S/C15H20N2O2/c18-15(12-16-7-9-19-10-8-16)17-6-5-13-3-1-2-4-14(13)11-17/h1-4H,5-12H2. The van der Waals surface area contributed by atoms with Crippen LogP contribution in [0.15, 0.2) is 24.3 Å². The number of carbonyl (C=O) groups excluding carboxylic acids is 1. The number of nitrogens with zero attached hydrogens (tertiary/aromatic N) is 2. The van der Waals surface area contributed by atoms with E-state index in [4.69, 9.17) is 4.74 Å². The molecule has 0 atom stereocenters. The summed E-state index contributed by atoms with van der Waals surface area (Å²) >= 11 is 0. The lowest BCUT2D eigenvalue weighted by Crippen LogP contribution is -2.46. The second kappa shape index (κ2) is 5.72. The molecule has 102 valence electrons. The van der Waals surface area contributed by atoms with Crippen LogP contribution < -0.4 is 0 Å². The minimum atomic E-state index is 0.247. The molecule has 1 amide bonds. The number of morpholine rings is 1. The van der Waals surface area contributed by atoms with Crippen molar-refractivity contribution in [3.05, 3.63) is 35.4 Å². The Balaban J connectivity index is 1.59. The molecule has 4 heteroatoms. The van der Waals surface area contributed by atoms with Crippen LogP contribution in [0.25, 0.3) is 0 Å². The Kier molecular flexibility index (Phi) is 3.80. The minimum absolute atomic E-state index is 0.247. The molecule has 0 unspecified atom stereocenters. The van der Waals surface area contributed by atoms with Crippen molar-refractivity contribution in [2.24, 2.45) is 0 Å². The van der Waals surface area contributed by atoms with Crippen molar-refractivity contribution in [3.8, 4) is 0 Å². The van der Waals surface area contributed by atoms with Gasteiger partial charge in [0.1, 0.15) is 0 Å². The molecule has 0 bridgehead atoms. The molecule has 1 aromatic rings. The molecule has 0 saturated carbocycles. The van der Waals surface area contributed by atoms with Gasteiger partial charge in [-0.05, 0) is 17.5 Å². The summed E-state index contributed by atoms with van der Waals surface area (Å²) in [5.41, 5.74) is 2.68. The monoisotopic (exact) mass is 260 g/mol. The lowest BCUT2D eigenvalue weighted by atomic mass is 10.00. The van der Waals surface area contributed by atoms with Gasteiger partial charge in [0, 0.05) is 26.2 Å². The van der Waals surface area contributed by atoms with E-state index in [0.29, 0.717) is 6.54 Å². The second-order valence-electron chi connectivity index (χ2n) is 5.22. The summed E-state index contributed by atoms with van der Waals surface area (Å²) in [4.78, 5) is 16.5. The third-order valence-electron chi connectivity index (χ3n) is 3.95. The molecule has 1 aromatic carbocycles. The Bertz CT molecular complexity index is 455. The van der Waals surface area contributed by atoms with Gasteiger partial charge in [-0.3, -0.25) is 9.69 Å². The number of hydrogen-bond acceptors (Lipinski definition) is 3. The second-order valence-corrected chi connectivity index (χ2v) is 5.22. The Morgan fingerprint density at radius 1 is 1.11 bits per heavy atom. The normalized spacial score (nSPS) is 20.1. The summed E-state index contributed by atoms with van der Waals surface area (Å²) in [6.45, 7) is 5.38. The van der Waals surface area contributed by atoms with Gasteiger partial charge in [-0.1, -0.05) is 24.3 Å². The lowest BCUT2D eigenvalue weighted by molar-refractivity contribution is -0.134. The van der Waals surface area contributed by atoms with Gasteiger partial charge in [0.2, 0.25) is 5.91 Å².